The van der Waals surface area contributed by atoms with Crippen LogP contribution in [0.25, 0.3) is 0 Å². The van der Waals surface area contributed by atoms with E-state index in [1.165, 1.54) is 205 Å². The molecule has 0 spiro atoms. The maximum Gasteiger partial charge on any atom is 0.305 e. The van der Waals surface area contributed by atoms with Gasteiger partial charge < -0.3 is 20.3 Å². The first-order valence-electron chi connectivity index (χ1n) is 28.3. The van der Waals surface area contributed by atoms with Gasteiger partial charge in [0.1, 0.15) is 0 Å². The van der Waals surface area contributed by atoms with Crippen molar-refractivity contribution in [1.29, 1.82) is 0 Å². The molecular weight excluding hydrogens is 791 g/mol. The van der Waals surface area contributed by atoms with E-state index in [2.05, 4.69) is 43.5 Å². The van der Waals surface area contributed by atoms with Crippen molar-refractivity contribution in [3.63, 3.8) is 0 Å². The zero-order chi connectivity index (χ0) is 46.5. The minimum atomic E-state index is -0.852. The Morgan fingerprint density at radius 2 is 0.781 bits per heavy atom. The molecule has 376 valence electrons. The largest absolute Gasteiger partial charge is 0.466 e. The molecule has 6 nitrogen and oxygen atoms in total. The van der Waals surface area contributed by atoms with Crippen molar-refractivity contribution in [1.82, 2.24) is 5.32 Å². The number of hydrogen-bond acceptors (Lipinski definition) is 5. The van der Waals surface area contributed by atoms with Crippen molar-refractivity contribution >= 4 is 11.9 Å². The molecule has 0 aliphatic rings. The topological polar surface area (TPSA) is 95.9 Å². The lowest BCUT2D eigenvalue weighted by Crippen LogP contribution is -2.45. The molecule has 0 aliphatic carbocycles. The van der Waals surface area contributed by atoms with E-state index in [-0.39, 0.29) is 18.5 Å². The van der Waals surface area contributed by atoms with Crippen molar-refractivity contribution in [2.75, 3.05) is 13.2 Å². The summed E-state index contributed by atoms with van der Waals surface area (Å²) in [5, 5.41) is 23.1. The fourth-order valence-electron chi connectivity index (χ4n) is 8.55. The third-order valence-electron chi connectivity index (χ3n) is 12.9. The molecule has 0 fully saturated rings. The van der Waals surface area contributed by atoms with Crippen LogP contribution in [0.4, 0.5) is 0 Å². The molecule has 2 unspecified atom stereocenters. The summed E-state index contributed by atoms with van der Waals surface area (Å²) in [4.78, 5) is 24.5. The van der Waals surface area contributed by atoms with Crippen LogP contribution in [0.15, 0.2) is 36.5 Å². The molecule has 0 rings (SSSR count). The lowest BCUT2D eigenvalue weighted by Gasteiger charge is -2.20. The normalized spacial score (nSPS) is 12.9. The van der Waals surface area contributed by atoms with E-state index in [4.69, 9.17) is 4.74 Å². The van der Waals surface area contributed by atoms with E-state index in [9.17, 15) is 19.8 Å². The van der Waals surface area contributed by atoms with Crippen LogP contribution in [0.2, 0.25) is 0 Å². The summed E-state index contributed by atoms with van der Waals surface area (Å²) < 4.78 is 5.47. The molecule has 0 heterocycles. The van der Waals surface area contributed by atoms with Crippen LogP contribution in [0, 0.1) is 0 Å². The van der Waals surface area contributed by atoms with Crippen LogP contribution < -0.4 is 5.32 Å². The quantitative estimate of drug-likeness (QED) is 0.0321. The molecule has 0 aliphatic heterocycles. The zero-order valence-electron chi connectivity index (χ0n) is 42.8. The molecule has 2 atom stereocenters. The average Bonchev–Trinajstić information content (AvgIpc) is 3.29. The van der Waals surface area contributed by atoms with Crippen LogP contribution in [-0.4, -0.2) is 47.4 Å². The van der Waals surface area contributed by atoms with Crippen LogP contribution in [0.3, 0.4) is 0 Å². The maximum absolute atomic E-state index is 12.5. The molecule has 6 heteroatoms. The summed E-state index contributed by atoms with van der Waals surface area (Å²) in [5.74, 6) is -0.0951. The number of ether oxygens (including phenoxy) is 1. The van der Waals surface area contributed by atoms with Gasteiger partial charge in [0.05, 0.1) is 25.4 Å². The number of rotatable bonds is 52. The highest BCUT2D eigenvalue weighted by Gasteiger charge is 2.18. The smallest absolute Gasteiger partial charge is 0.305 e. The van der Waals surface area contributed by atoms with Gasteiger partial charge in [0.15, 0.2) is 0 Å². The predicted molar refractivity (Wildman–Crippen MR) is 278 cm³/mol. The Labute approximate surface area is 398 Å². The molecular formula is C58H109NO5. The number of nitrogens with one attached hydrogen (secondary N) is 1. The van der Waals surface area contributed by atoms with Gasteiger partial charge in [0.25, 0.3) is 0 Å². The summed E-state index contributed by atoms with van der Waals surface area (Å²) in [5.41, 5.74) is 0. The number of esters is 1. The maximum atomic E-state index is 12.5. The van der Waals surface area contributed by atoms with E-state index in [0.717, 1.165) is 64.2 Å². The van der Waals surface area contributed by atoms with E-state index in [1.54, 1.807) is 6.08 Å². The van der Waals surface area contributed by atoms with Crippen LogP contribution in [0.1, 0.15) is 296 Å². The fraction of sp³-hybridized carbons (Fsp3) is 0.862. The predicted octanol–water partition coefficient (Wildman–Crippen LogP) is 17.2. The third kappa shape index (κ3) is 49.5. The van der Waals surface area contributed by atoms with Crippen LogP contribution in [0.5, 0.6) is 0 Å². The van der Waals surface area contributed by atoms with Gasteiger partial charge in [-0.2, -0.15) is 0 Å². The Hall–Kier alpha value is -1.92. The van der Waals surface area contributed by atoms with Gasteiger partial charge in [-0.15, -0.1) is 0 Å². The Morgan fingerprint density at radius 1 is 0.438 bits per heavy atom. The van der Waals surface area contributed by atoms with Crippen LogP contribution in [-0.2, 0) is 14.3 Å². The van der Waals surface area contributed by atoms with E-state index >= 15 is 0 Å². The second-order valence-electron chi connectivity index (χ2n) is 19.3. The molecule has 0 aromatic carbocycles. The third-order valence-corrected chi connectivity index (χ3v) is 12.9. The number of aliphatic hydroxyl groups excluding tert-OH is 2. The van der Waals surface area contributed by atoms with Crippen molar-refractivity contribution in [3.05, 3.63) is 36.5 Å². The average molecular weight is 901 g/mol. The molecule has 3 N–H and O–H groups in total. The molecule has 1 amide bonds. The number of amides is 1. The van der Waals surface area contributed by atoms with Gasteiger partial charge in [-0.3, -0.25) is 9.59 Å². The first-order chi connectivity index (χ1) is 31.5. The first kappa shape index (κ1) is 62.1. The number of aliphatic hydroxyl groups is 2. The number of carbonyl (C=O) groups is 2. The van der Waals surface area contributed by atoms with E-state index < -0.39 is 12.1 Å². The van der Waals surface area contributed by atoms with Gasteiger partial charge in [-0.25, -0.2) is 0 Å². The Bertz CT molecular complexity index is 1040. The molecule has 64 heavy (non-hydrogen) atoms. The summed E-state index contributed by atoms with van der Waals surface area (Å²) in [6, 6.07) is -0.637. The summed E-state index contributed by atoms with van der Waals surface area (Å²) >= 11 is 0. The zero-order valence-corrected chi connectivity index (χ0v) is 42.8. The van der Waals surface area contributed by atoms with Crippen molar-refractivity contribution in [3.8, 4) is 0 Å². The lowest BCUT2D eigenvalue weighted by atomic mass is 10.0. The van der Waals surface area contributed by atoms with Crippen molar-refractivity contribution < 1.29 is 24.5 Å². The highest BCUT2D eigenvalue weighted by molar-refractivity contribution is 5.76. The SMILES string of the molecule is CCCCCC/C=C\C/C=C\CCCCCCCC(=O)OCCCCCCCCCCCCCCCCC(=O)NC(CO)C(O)/C=C/CCCCCCCCCCCCCCCCC. The number of carbonyl (C=O) groups excluding carboxylic acids is 2. The van der Waals surface area contributed by atoms with E-state index in [1.807, 2.05) is 6.08 Å². The fourth-order valence-corrected chi connectivity index (χ4v) is 8.55. The van der Waals surface area contributed by atoms with Gasteiger partial charge in [-0.1, -0.05) is 256 Å². The Morgan fingerprint density at radius 3 is 1.20 bits per heavy atom. The molecule has 0 saturated carbocycles. The summed E-state index contributed by atoms with van der Waals surface area (Å²) in [6.07, 6.45) is 65.8. The molecule has 0 aromatic rings. The molecule has 0 radical (unpaired) electrons. The minimum Gasteiger partial charge on any atom is -0.466 e. The van der Waals surface area contributed by atoms with E-state index in [0.29, 0.717) is 19.4 Å². The number of unbranched alkanes of at least 4 members (excludes halogenated alkanes) is 37. The lowest BCUT2D eigenvalue weighted by molar-refractivity contribution is -0.143. The first-order valence-corrected chi connectivity index (χ1v) is 28.3. The van der Waals surface area contributed by atoms with Gasteiger partial charge in [0.2, 0.25) is 5.91 Å². The number of hydrogen-bond donors (Lipinski definition) is 3. The molecule has 0 bridgehead atoms. The highest BCUT2D eigenvalue weighted by atomic mass is 16.5. The Balaban J connectivity index is 3.48. The van der Waals surface area contributed by atoms with Crippen molar-refractivity contribution in [2.45, 2.75) is 309 Å². The minimum absolute atomic E-state index is 0.0170. The Kier molecular flexibility index (Phi) is 52.1. The van der Waals surface area contributed by atoms with Crippen molar-refractivity contribution in [2.24, 2.45) is 0 Å². The van der Waals surface area contributed by atoms with Crippen LogP contribution >= 0.6 is 0 Å². The standard InChI is InChI=1S/C58H109NO5/c1-3-5-7-9-11-13-15-17-19-21-22-26-30-34-38-42-46-50-56(61)55(54-60)59-57(62)51-47-43-39-35-31-27-24-25-29-33-37-41-45-49-53-64-58(63)52-48-44-40-36-32-28-23-20-18-16-14-12-10-8-6-4-2/h14,16,20,23,46,50,55-56,60-61H,3-13,15,17-19,21-22,24-45,47-49,51-54H2,1-2H3,(H,59,62)/b16-14-,23-20-,50-46+. The highest BCUT2D eigenvalue weighted by Crippen LogP contribution is 2.16. The summed E-state index contributed by atoms with van der Waals surface area (Å²) in [6.45, 7) is 4.86. The number of allylic oxidation sites excluding steroid dienone is 5. The second-order valence-corrected chi connectivity index (χ2v) is 19.3. The molecule has 0 saturated heterocycles. The second kappa shape index (κ2) is 53.7. The van der Waals surface area contributed by atoms with Gasteiger partial charge in [0, 0.05) is 12.8 Å². The van der Waals surface area contributed by atoms with Gasteiger partial charge >= 0.3 is 5.97 Å². The summed E-state index contributed by atoms with van der Waals surface area (Å²) in [7, 11) is 0. The van der Waals surface area contributed by atoms with Gasteiger partial charge in [-0.05, 0) is 64.2 Å². The molecule has 0 aromatic heterocycles. The monoisotopic (exact) mass is 900 g/mol.